The van der Waals surface area contributed by atoms with Crippen molar-refractivity contribution in [3.8, 4) is 5.75 Å². The molecule has 1 fully saturated rings. The number of rotatable bonds is 6. The van der Waals surface area contributed by atoms with Crippen LogP contribution in [0.15, 0.2) is 24.3 Å². The third-order valence-corrected chi connectivity index (χ3v) is 3.75. The number of carbonyl (C=O) groups excluding carboxylic acids is 3. The lowest BCUT2D eigenvalue weighted by molar-refractivity contribution is -0.129. The molecule has 1 aliphatic rings. The largest absolute Gasteiger partial charge is 0.497 e. The van der Waals surface area contributed by atoms with Crippen molar-refractivity contribution in [1.29, 1.82) is 0 Å². The van der Waals surface area contributed by atoms with Gasteiger partial charge in [-0.05, 0) is 38.1 Å². The lowest BCUT2D eigenvalue weighted by Crippen LogP contribution is -2.42. The topological polar surface area (TPSA) is 87.7 Å². The number of nitrogens with zero attached hydrogens (tertiary/aromatic N) is 1. The molecule has 1 heterocycles. The van der Waals surface area contributed by atoms with Crippen LogP contribution in [0.2, 0.25) is 0 Å². The highest BCUT2D eigenvalue weighted by Gasteiger charge is 2.35. The van der Waals surface area contributed by atoms with Gasteiger partial charge in [0.25, 0.3) is 0 Å². The summed E-state index contributed by atoms with van der Waals surface area (Å²) in [5, 5.41) is 5.29. The van der Waals surface area contributed by atoms with Gasteiger partial charge in [-0.3, -0.25) is 14.4 Å². The summed E-state index contributed by atoms with van der Waals surface area (Å²) in [7, 11) is 1.58. The molecular formula is C17H23N3O4. The molecule has 0 aromatic heterocycles. The Morgan fingerprint density at radius 3 is 2.54 bits per heavy atom. The summed E-state index contributed by atoms with van der Waals surface area (Å²) >= 11 is 0. The Labute approximate surface area is 141 Å². The Morgan fingerprint density at radius 2 is 1.96 bits per heavy atom. The molecule has 0 bridgehead atoms. The van der Waals surface area contributed by atoms with Crippen LogP contribution < -0.4 is 20.3 Å². The lowest BCUT2D eigenvalue weighted by atomic mass is 10.1. The summed E-state index contributed by atoms with van der Waals surface area (Å²) in [5.41, 5.74) is 0.730. The highest BCUT2D eigenvalue weighted by molar-refractivity contribution is 6.00. The van der Waals surface area contributed by atoms with Gasteiger partial charge in [0.2, 0.25) is 17.7 Å². The number of ether oxygens (including phenoxy) is 1. The number of nitrogens with one attached hydrogen (secondary N) is 2. The smallest absolute Gasteiger partial charge is 0.239 e. The zero-order valence-electron chi connectivity index (χ0n) is 14.2. The van der Waals surface area contributed by atoms with E-state index in [-0.39, 0.29) is 36.7 Å². The van der Waals surface area contributed by atoms with Crippen LogP contribution in [0.3, 0.4) is 0 Å². The van der Waals surface area contributed by atoms with Crippen molar-refractivity contribution in [2.45, 2.75) is 26.3 Å². The number of methoxy groups -OCH3 is 1. The van der Waals surface area contributed by atoms with Crippen molar-refractivity contribution in [2.24, 2.45) is 5.92 Å². The number of carbonyl (C=O) groups is 3. The van der Waals surface area contributed by atoms with E-state index in [0.717, 1.165) is 5.69 Å². The zero-order chi connectivity index (χ0) is 17.7. The molecule has 0 spiro atoms. The van der Waals surface area contributed by atoms with Gasteiger partial charge in [-0.2, -0.15) is 0 Å². The van der Waals surface area contributed by atoms with E-state index in [0.29, 0.717) is 12.3 Å². The van der Waals surface area contributed by atoms with Gasteiger partial charge in [0.15, 0.2) is 0 Å². The molecule has 2 N–H and O–H groups in total. The molecule has 1 aromatic carbocycles. The molecule has 130 valence electrons. The van der Waals surface area contributed by atoms with E-state index >= 15 is 0 Å². The van der Waals surface area contributed by atoms with Gasteiger partial charge in [-0.25, -0.2) is 0 Å². The maximum absolute atomic E-state index is 12.2. The molecule has 1 aliphatic heterocycles. The van der Waals surface area contributed by atoms with E-state index in [4.69, 9.17) is 4.74 Å². The summed E-state index contributed by atoms with van der Waals surface area (Å²) in [4.78, 5) is 37.5. The van der Waals surface area contributed by atoms with Crippen molar-refractivity contribution < 1.29 is 19.1 Å². The first kappa shape index (κ1) is 17.8. The molecule has 0 aliphatic carbocycles. The van der Waals surface area contributed by atoms with Crippen LogP contribution in [-0.2, 0) is 14.4 Å². The first-order valence-corrected chi connectivity index (χ1v) is 7.92. The Hall–Kier alpha value is -2.57. The van der Waals surface area contributed by atoms with Gasteiger partial charge >= 0.3 is 0 Å². The van der Waals surface area contributed by atoms with Crippen molar-refractivity contribution in [1.82, 2.24) is 10.6 Å². The molecule has 0 unspecified atom stereocenters. The number of hydrogen-bond donors (Lipinski definition) is 2. The quantitative estimate of drug-likeness (QED) is 0.802. The van der Waals surface area contributed by atoms with Gasteiger partial charge < -0.3 is 20.3 Å². The van der Waals surface area contributed by atoms with E-state index in [9.17, 15) is 14.4 Å². The van der Waals surface area contributed by atoms with Crippen molar-refractivity contribution in [3.05, 3.63) is 24.3 Å². The van der Waals surface area contributed by atoms with E-state index in [2.05, 4.69) is 10.6 Å². The molecule has 1 aromatic rings. The first-order valence-electron chi connectivity index (χ1n) is 7.92. The fraction of sp³-hybridized carbons (Fsp3) is 0.471. The molecule has 3 amide bonds. The van der Waals surface area contributed by atoms with Crippen LogP contribution in [0.4, 0.5) is 5.69 Å². The fourth-order valence-corrected chi connectivity index (χ4v) is 2.58. The Kier molecular flexibility index (Phi) is 5.78. The van der Waals surface area contributed by atoms with Crippen molar-refractivity contribution in [3.63, 3.8) is 0 Å². The average molecular weight is 333 g/mol. The second-order valence-electron chi connectivity index (χ2n) is 6.04. The highest BCUT2D eigenvalue weighted by Crippen LogP contribution is 2.26. The fourth-order valence-electron chi connectivity index (χ4n) is 2.58. The normalized spacial score (nSPS) is 17.1. The van der Waals surface area contributed by atoms with Crippen LogP contribution in [-0.4, -0.2) is 44.0 Å². The standard InChI is InChI=1S/C17H23N3O4/c1-11(2)19-15(21)9-18-17(23)12-8-16(22)20(10-12)13-4-6-14(24-3)7-5-13/h4-7,11-12H,8-10H2,1-3H3,(H,18,23)(H,19,21)/t12-/m0/s1. The van der Waals surface area contributed by atoms with Gasteiger partial charge in [0.05, 0.1) is 19.6 Å². The number of anilines is 1. The van der Waals surface area contributed by atoms with Crippen LogP contribution in [0.25, 0.3) is 0 Å². The monoisotopic (exact) mass is 333 g/mol. The summed E-state index contributed by atoms with van der Waals surface area (Å²) in [6.07, 6.45) is 0.143. The third-order valence-electron chi connectivity index (χ3n) is 3.75. The molecule has 24 heavy (non-hydrogen) atoms. The second-order valence-corrected chi connectivity index (χ2v) is 6.04. The second kappa shape index (κ2) is 7.81. The lowest BCUT2D eigenvalue weighted by Gasteiger charge is -2.17. The van der Waals surface area contributed by atoms with Crippen molar-refractivity contribution >= 4 is 23.4 Å². The molecule has 7 nitrogen and oxygen atoms in total. The predicted molar refractivity (Wildman–Crippen MR) is 89.7 cm³/mol. The summed E-state index contributed by atoms with van der Waals surface area (Å²) in [6.45, 7) is 3.93. The Bertz CT molecular complexity index is 613. The van der Waals surface area contributed by atoms with E-state index in [1.807, 2.05) is 13.8 Å². The van der Waals surface area contributed by atoms with E-state index in [1.54, 1.807) is 36.3 Å². The number of hydrogen-bond acceptors (Lipinski definition) is 4. The van der Waals surface area contributed by atoms with Crippen LogP contribution in [0.5, 0.6) is 5.75 Å². The molecule has 0 radical (unpaired) electrons. The minimum Gasteiger partial charge on any atom is -0.497 e. The van der Waals surface area contributed by atoms with Crippen LogP contribution >= 0.6 is 0 Å². The van der Waals surface area contributed by atoms with E-state index in [1.165, 1.54) is 0 Å². The molecule has 1 saturated heterocycles. The van der Waals surface area contributed by atoms with Gasteiger partial charge in [0.1, 0.15) is 5.75 Å². The summed E-state index contributed by atoms with van der Waals surface area (Å²) in [6, 6.07) is 7.13. The minimum atomic E-state index is -0.452. The van der Waals surface area contributed by atoms with Crippen LogP contribution in [0.1, 0.15) is 20.3 Å². The van der Waals surface area contributed by atoms with Gasteiger partial charge in [-0.15, -0.1) is 0 Å². The molecule has 7 heteroatoms. The molecular weight excluding hydrogens is 310 g/mol. The highest BCUT2D eigenvalue weighted by atomic mass is 16.5. The zero-order valence-corrected chi connectivity index (χ0v) is 14.2. The number of amides is 3. The maximum atomic E-state index is 12.2. The number of benzene rings is 1. The van der Waals surface area contributed by atoms with E-state index < -0.39 is 5.92 Å². The Morgan fingerprint density at radius 1 is 1.29 bits per heavy atom. The van der Waals surface area contributed by atoms with Crippen LogP contribution in [0, 0.1) is 5.92 Å². The summed E-state index contributed by atoms with van der Waals surface area (Å²) < 4.78 is 5.09. The molecule has 1 atom stereocenters. The third kappa shape index (κ3) is 4.47. The molecule has 2 rings (SSSR count). The van der Waals surface area contributed by atoms with Crippen molar-refractivity contribution in [2.75, 3.05) is 25.1 Å². The first-order chi connectivity index (χ1) is 11.4. The maximum Gasteiger partial charge on any atom is 0.239 e. The average Bonchev–Trinajstić information content (AvgIpc) is 2.94. The van der Waals surface area contributed by atoms with Gasteiger partial charge in [0, 0.05) is 24.7 Å². The Balaban J connectivity index is 1.91. The summed E-state index contributed by atoms with van der Waals surface area (Å²) in [5.74, 6) is -0.373. The predicted octanol–water partition coefficient (Wildman–Crippen LogP) is 0.689. The minimum absolute atomic E-state index is 0.0213. The molecule has 0 saturated carbocycles. The van der Waals surface area contributed by atoms with Gasteiger partial charge in [-0.1, -0.05) is 0 Å². The SMILES string of the molecule is COc1ccc(N2C[C@@H](C(=O)NCC(=O)NC(C)C)CC2=O)cc1.